The molecule has 8 nitrogen and oxygen atoms in total. The Hall–Kier alpha value is -3.00. The van der Waals surface area contributed by atoms with E-state index in [9.17, 15) is 0 Å². The Morgan fingerprint density at radius 2 is 2.00 bits per heavy atom. The minimum atomic E-state index is 0.329. The maximum absolute atomic E-state index is 5.96. The van der Waals surface area contributed by atoms with Crippen molar-refractivity contribution in [1.82, 2.24) is 29.9 Å². The first kappa shape index (κ1) is 16.9. The predicted octanol–water partition coefficient (Wildman–Crippen LogP) is 2.45. The van der Waals surface area contributed by atoms with Crippen LogP contribution < -0.4 is 4.90 Å². The molecule has 148 valence electrons. The van der Waals surface area contributed by atoms with Crippen LogP contribution in [0.4, 0.5) is 5.82 Å². The second-order valence-corrected chi connectivity index (χ2v) is 8.16. The van der Waals surface area contributed by atoms with Gasteiger partial charge in [-0.25, -0.2) is 9.97 Å². The topological polar surface area (TPSA) is 84.8 Å². The van der Waals surface area contributed by atoms with E-state index in [2.05, 4.69) is 48.5 Å². The van der Waals surface area contributed by atoms with Gasteiger partial charge >= 0.3 is 0 Å². The third-order valence-corrected chi connectivity index (χ3v) is 6.18. The molecule has 1 N–H and O–H groups in total. The van der Waals surface area contributed by atoms with Crippen LogP contribution >= 0.6 is 0 Å². The largest absolute Gasteiger partial charge is 0.371 e. The van der Waals surface area contributed by atoms with Gasteiger partial charge in [0, 0.05) is 49.2 Å². The fourth-order valence-electron chi connectivity index (χ4n) is 4.70. The van der Waals surface area contributed by atoms with Crippen LogP contribution in [0, 0.1) is 0 Å². The molecule has 3 aromatic rings. The van der Waals surface area contributed by atoms with Crippen LogP contribution in [0.3, 0.4) is 0 Å². The van der Waals surface area contributed by atoms with Crippen LogP contribution in [0.5, 0.6) is 0 Å². The maximum Gasteiger partial charge on any atom is 0.132 e. The average Bonchev–Trinajstić information content (AvgIpc) is 3.46. The number of hydrogen-bond donors (Lipinski definition) is 1. The average molecular weight is 389 g/mol. The number of anilines is 1. The number of allylic oxidation sites excluding steroid dienone is 1. The maximum atomic E-state index is 5.96. The Kier molecular flexibility index (Phi) is 3.80. The number of aromatic nitrogens is 6. The van der Waals surface area contributed by atoms with Gasteiger partial charge in [-0.3, -0.25) is 9.78 Å². The van der Waals surface area contributed by atoms with Gasteiger partial charge in [-0.05, 0) is 37.3 Å². The van der Waals surface area contributed by atoms with Crippen molar-refractivity contribution < 1.29 is 4.74 Å². The molecular weight excluding hydrogens is 366 g/mol. The summed E-state index contributed by atoms with van der Waals surface area (Å²) in [6, 6.07) is 2.06. The molecule has 3 aliphatic rings. The first-order valence-corrected chi connectivity index (χ1v) is 10.2. The smallest absolute Gasteiger partial charge is 0.132 e. The van der Waals surface area contributed by atoms with E-state index in [1.807, 2.05) is 17.9 Å². The molecule has 2 unspecified atom stereocenters. The van der Waals surface area contributed by atoms with Gasteiger partial charge in [0.25, 0.3) is 0 Å². The summed E-state index contributed by atoms with van der Waals surface area (Å²) in [5, 5.41) is 12.1. The summed E-state index contributed by atoms with van der Waals surface area (Å²) in [6.45, 7) is 1.80. The third-order valence-electron chi connectivity index (χ3n) is 6.18. The van der Waals surface area contributed by atoms with E-state index in [4.69, 9.17) is 4.74 Å². The minimum absolute atomic E-state index is 0.329. The molecule has 3 aromatic heterocycles. The van der Waals surface area contributed by atoms with Crippen molar-refractivity contribution in [3.8, 4) is 11.4 Å². The lowest BCUT2D eigenvalue weighted by Crippen LogP contribution is -2.43. The van der Waals surface area contributed by atoms with Crippen LogP contribution in [-0.4, -0.2) is 55.2 Å². The fraction of sp³-hybridized carbons (Fsp3) is 0.429. The monoisotopic (exact) mass is 389 g/mol. The lowest BCUT2D eigenvalue weighted by atomic mass is 9.92. The normalized spacial score (nSPS) is 23.2. The zero-order valence-corrected chi connectivity index (χ0v) is 16.4. The Bertz CT molecular complexity index is 1090. The van der Waals surface area contributed by atoms with Crippen molar-refractivity contribution in [3.05, 3.63) is 41.6 Å². The summed E-state index contributed by atoms with van der Waals surface area (Å²) < 4.78 is 7.81. The van der Waals surface area contributed by atoms with Gasteiger partial charge in [-0.2, -0.15) is 10.2 Å². The standard InChI is InChI=1S/C21H23N7O/c1-27-9-14(8-24-27)13-2-5-18-17(6-13)21(26-25-18)19-7-20(23-12-22-19)28-10-15-3-4-16(11-28)29-15/h6-9,12,15-16H,2-5,10-11H2,1H3,(H,25,26). The van der Waals surface area contributed by atoms with Gasteiger partial charge in [0.1, 0.15) is 17.8 Å². The Balaban J connectivity index is 1.35. The van der Waals surface area contributed by atoms with Gasteiger partial charge in [-0.1, -0.05) is 0 Å². The molecule has 2 bridgehead atoms. The first-order valence-electron chi connectivity index (χ1n) is 10.2. The third kappa shape index (κ3) is 2.95. The first-order chi connectivity index (χ1) is 14.2. The number of morpholine rings is 1. The van der Waals surface area contributed by atoms with Gasteiger partial charge in [0.2, 0.25) is 0 Å². The SMILES string of the molecule is Cn1cc(C2=Cc3c(-c4cc(N5CC6CCC(C5)O6)ncn4)n[nH]c3CC2)cn1. The molecule has 0 aromatic carbocycles. The van der Waals surface area contributed by atoms with Crippen molar-refractivity contribution in [2.24, 2.45) is 7.05 Å². The van der Waals surface area contributed by atoms with E-state index >= 15 is 0 Å². The summed E-state index contributed by atoms with van der Waals surface area (Å²) in [5.41, 5.74) is 6.49. The van der Waals surface area contributed by atoms with Crippen molar-refractivity contribution in [2.75, 3.05) is 18.0 Å². The lowest BCUT2D eigenvalue weighted by Gasteiger charge is -2.32. The Morgan fingerprint density at radius 1 is 1.14 bits per heavy atom. The molecule has 2 aliphatic heterocycles. The van der Waals surface area contributed by atoms with Crippen molar-refractivity contribution in [1.29, 1.82) is 0 Å². The number of ether oxygens (including phenoxy) is 1. The highest BCUT2D eigenvalue weighted by Gasteiger charge is 2.34. The highest BCUT2D eigenvalue weighted by Crippen LogP contribution is 2.35. The van der Waals surface area contributed by atoms with Crippen LogP contribution in [0.25, 0.3) is 23.0 Å². The van der Waals surface area contributed by atoms with Crippen LogP contribution in [0.1, 0.15) is 36.1 Å². The zero-order chi connectivity index (χ0) is 19.4. The number of fused-ring (bicyclic) bond motifs is 3. The molecule has 1 aliphatic carbocycles. The summed E-state index contributed by atoms with van der Waals surface area (Å²) >= 11 is 0. The van der Waals surface area contributed by atoms with E-state index in [1.165, 1.54) is 5.57 Å². The molecule has 0 radical (unpaired) electrons. The Labute approximate surface area is 168 Å². The van der Waals surface area contributed by atoms with E-state index in [1.54, 1.807) is 6.33 Å². The quantitative estimate of drug-likeness (QED) is 0.741. The molecule has 5 heterocycles. The Morgan fingerprint density at radius 3 is 2.79 bits per heavy atom. The van der Waals surface area contributed by atoms with Crippen LogP contribution in [0.2, 0.25) is 0 Å². The molecule has 2 atom stereocenters. The highest BCUT2D eigenvalue weighted by atomic mass is 16.5. The molecule has 2 fully saturated rings. The number of aromatic amines is 1. The molecule has 6 rings (SSSR count). The van der Waals surface area contributed by atoms with Gasteiger partial charge in [0.15, 0.2) is 0 Å². The van der Waals surface area contributed by atoms with Crippen LogP contribution in [0.15, 0.2) is 24.8 Å². The second kappa shape index (κ2) is 6.52. The summed E-state index contributed by atoms with van der Waals surface area (Å²) in [5.74, 6) is 0.958. The van der Waals surface area contributed by atoms with E-state index < -0.39 is 0 Å². The molecule has 8 heteroatoms. The molecule has 29 heavy (non-hydrogen) atoms. The van der Waals surface area contributed by atoms with E-state index in [0.717, 1.165) is 72.8 Å². The number of hydrogen-bond acceptors (Lipinski definition) is 6. The van der Waals surface area contributed by atoms with Crippen LogP contribution in [-0.2, 0) is 18.2 Å². The number of nitrogens with one attached hydrogen (secondary N) is 1. The van der Waals surface area contributed by atoms with E-state index in [-0.39, 0.29) is 0 Å². The predicted molar refractivity (Wildman–Crippen MR) is 109 cm³/mol. The fourth-order valence-corrected chi connectivity index (χ4v) is 4.70. The van der Waals surface area contributed by atoms with Crippen molar-refractivity contribution >= 4 is 17.5 Å². The van der Waals surface area contributed by atoms with Crippen molar-refractivity contribution in [3.63, 3.8) is 0 Å². The number of rotatable bonds is 3. The zero-order valence-electron chi connectivity index (χ0n) is 16.4. The lowest BCUT2D eigenvalue weighted by molar-refractivity contribution is 0.0302. The number of aryl methyl sites for hydroxylation is 2. The molecule has 2 saturated heterocycles. The molecule has 0 saturated carbocycles. The summed E-state index contributed by atoms with van der Waals surface area (Å²) in [6.07, 6.45) is 12.7. The molecule has 0 spiro atoms. The summed E-state index contributed by atoms with van der Waals surface area (Å²) in [7, 11) is 1.95. The van der Waals surface area contributed by atoms with Gasteiger partial charge in [0.05, 0.1) is 24.1 Å². The molecule has 0 amide bonds. The van der Waals surface area contributed by atoms with Crippen molar-refractivity contribution in [2.45, 2.75) is 37.9 Å². The van der Waals surface area contributed by atoms with E-state index in [0.29, 0.717) is 12.2 Å². The molecular formula is C21H23N7O. The number of H-pyrrole nitrogens is 1. The number of nitrogens with zero attached hydrogens (tertiary/aromatic N) is 6. The second-order valence-electron chi connectivity index (χ2n) is 8.16. The van der Waals surface area contributed by atoms with Gasteiger partial charge in [-0.15, -0.1) is 0 Å². The summed E-state index contributed by atoms with van der Waals surface area (Å²) in [4.78, 5) is 11.4. The highest BCUT2D eigenvalue weighted by molar-refractivity contribution is 5.88. The van der Waals surface area contributed by atoms with Gasteiger partial charge < -0.3 is 9.64 Å². The minimum Gasteiger partial charge on any atom is -0.371 e.